The normalized spacial score (nSPS) is 13.8. The van der Waals surface area contributed by atoms with Crippen molar-refractivity contribution in [2.45, 2.75) is 19.9 Å². The molecule has 4 rings (SSSR count). The van der Waals surface area contributed by atoms with E-state index < -0.39 is 0 Å². The summed E-state index contributed by atoms with van der Waals surface area (Å²) in [5.41, 5.74) is 4.18. The minimum atomic E-state index is -0.334. The Hall–Kier alpha value is -2.88. The van der Waals surface area contributed by atoms with Gasteiger partial charge in [0.05, 0.1) is 0 Å². The first-order valence-corrected chi connectivity index (χ1v) is 8.54. The molecule has 4 heteroatoms. The lowest BCUT2D eigenvalue weighted by atomic mass is 10.1. The number of aryl methyl sites for hydroxylation is 1. The summed E-state index contributed by atoms with van der Waals surface area (Å²) in [5, 5.41) is 1.25. The van der Waals surface area contributed by atoms with E-state index in [4.69, 9.17) is 0 Å². The van der Waals surface area contributed by atoms with Crippen LogP contribution >= 0.6 is 0 Å². The summed E-state index contributed by atoms with van der Waals surface area (Å²) in [5.74, 6) is -0.437. The molecule has 3 nitrogen and oxygen atoms in total. The zero-order valence-corrected chi connectivity index (χ0v) is 14.1. The van der Waals surface area contributed by atoms with Crippen molar-refractivity contribution in [2.24, 2.45) is 0 Å². The molecular weight excluding hydrogens is 315 g/mol. The van der Waals surface area contributed by atoms with E-state index in [1.165, 1.54) is 40.7 Å². The first kappa shape index (κ1) is 15.6. The molecule has 1 amide bonds. The maximum atomic E-state index is 13.1. The number of carbonyl (C=O) groups is 1. The lowest BCUT2D eigenvalue weighted by Gasteiger charge is -2.17. The second-order valence-corrected chi connectivity index (χ2v) is 6.20. The Morgan fingerprint density at radius 2 is 1.88 bits per heavy atom. The largest absolute Gasteiger partial charge is 0.341 e. The number of amides is 1. The van der Waals surface area contributed by atoms with E-state index >= 15 is 0 Å². The number of aromatic nitrogens is 1. The van der Waals surface area contributed by atoms with Crippen LogP contribution in [0.5, 0.6) is 0 Å². The van der Waals surface area contributed by atoms with Crippen molar-refractivity contribution in [3.63, 3.8) is 0 Å². The van der Waals surface area contributed by atoms with Crippen LogP contribution in [-0.4, -0.2) is 21.9 Å². The summed E-state index contributed by atoms with van der Waals surface area (Å²) < 4.78 is 15.4. The number of carbonyl (C=O) groups excluding carboxylic acids is 1. The molecule has 0 bridgehead atoms. The molecule has 0 radical (unpaired) electrons. The van der Waals surface area contributed by atoms with Crippen LogP contribution in [0, 0.1) is 5.82 Å². The summed E-state index contributed by atoms with van der Waals surface area (Å²) in [4.78, 5) is 14.4. The zero-order valence-electron chi connectivity index (χ0n) is 14.1. The van der Waals surface area contributed by atoms with Crippen LogP contribution in [0.3, 0.4) is 0 Å². The third-order valence-electron chi connectivity index (χ3n) is 4.80. The van der Waals surface area contributed by atoms with Crippen LogP contribution in [-0.2, 0) is 13.0 Å². The van der Waals surface area contributed by atoms with Gasteiger partial charge >= 0.3 is 0 Å². The van der Waals surface area contributed by atoms with Crippen molar-refractivity contribution >= 4 is 22.9 Å². The SMILES string of the molecule is CCn1c2c(c3ccccc31)CCN(C(=O)c1ccc(F)cc1)C=C2. The first-order chi connectivity index (χ1) is 12.2. The predicted octanol–water partition coefficient (Wildman–Crippen LogP) is 4.47. The third kappa shape index (κ3) is 2.64. The minimum absolute atomic E-state index is 0.103. The number of fused-ring (bicyclic) bond motifs is 3. The number of nitrogens with zero attached hydrogens (tertiary/aromatic N) is 2. The quantitative estimate of drug-likeness (QED) is 0.679. The Balaban J connectivity index is 1.71. The molecule has 0 aliphatic carbocycles. The van der Waals surface area contributed by atoms with Crippen LogP contribution in [0.15, 0.2) is 54.7 Å². The molecule has 1 aliphatic rings. The fraction of sp³-hybridized carbons (Fsp3) is 0.190. The van der Waals surface area contributed by atoms with E-state index in [1.807, 2.05) is 12.3 Å². The average molecular weight is 334 g/mol. The fourth-order valence-corrected chi connectivity index (χ4v) is 3.58. The van der Waals surface area contributed by atoms with E-state index in [9.17, 15) is 9.18 Å². The Bertz CT molecular complexity index is 969. The van der Waals surface area contributed by atoms with Crippen molar-refractivity contribution in [3.05, 3.63) is 77.4 Å². The Morgan fingerprint density at radius 3 is 2.64 bits per heavy atom. The minimum Gasteiger partial charge on any atom is -0.341 e. The Kier molecular flexibility index (Phi) is 3.88. The maximum Gasteiger partial charge on any atom is 0.257 e. The van der Waals surface area contributed by atoms with Crippen molar-refractivity contribution in [3.8, 4) is 0 Å². The number of benzene rings is 2. The topological polar surface area (TPSA) is 25.2 Å². The third-order valence-corrected chi connectivity index (χ3v) is 4.80. The summed E-state index contributed by atoms with van der Waals surface area (Å²) >= 11 is 0. The van der Waals surface area contributed by atoms with Gasteiger partial charge in [-0.3, -0.25) is 4.79 Å². The molecule has 0 saturated heterocycles. The van der Waals surface area contributed by atoms with E-state index in [2.05, 4.69) is 35.8 Å². The zero-order chi connectivity index (χ0) is 17.4. The molecule has 0 saturated carbocycles. The Labute approximate surface area is 146 Å². The standard InChI is InChI=1S/C21H19FN2O/c1-2-24-19-6-4-3-5-17(19)18-11-13-23(14-12-20(18)24)21(25)15-7-9-16(22)10-8-15/h3-10,12,14H,2,11,13H2,1H3. The van der Waals surface area contributed by atoms with E-state index in [0.29, 0.717) is 12.1 Å². The molecule has 25 heavy (non-hydrogen) atoms. The highest BCUT2D eigenvalue weighted by molar-refractivity contribution is 5.96. The molecule has 0 atom stereocenters. The summed E-state index contributed by atoms with van der Waals surface area (Å²) in [6.45, 7) is 3.62. The Morgan fingerprint density at radius 1 is 1.12 bits per heavy atom. The van der Waals surface area contributed by atoms with Gasteiger partial charge < -0.3 is 9.47 Å². The van der Waals surface area contributed by atoms with Gasteiger partial charge in [0.25, 0.3) is 5.91 Å². The van der Waals surface area contributed by atoms with E-state index in [1.54, 1.807) is 4.90 Å². The summed E-state index contributed by atoms with van der Waals surface area (Å²) in [6.07, 6.45) is 4.67. The number of rotatable bonds is 2. The van der Waals surface area contributed by atoms with Gasteiger partial charge in [0.2, 0.25) is 0 Å². The van der Waals surface area contributed by atoms with Crippen molar-refractivity contribution in [2.75, 3.05) is 6.54 Å². The smallest absolute Gasteiger partial charge is 0.257 e. The highest BCUT2D eigenvalue weighted by Gasteiger charge is 2.21. The number of para-hydroxylation sites is 1. The number of hydrogen-bond acceptors (Lipinski definition) is 1. The van der Waals surface area contributed by atoms with Crippen molar-refractivity contribution in [1.82, 2.24) is 9.47 Å². The molecule has 3 aromatic rings. The monoisotopic (exact) mass is 334 g/mol. The van der Waals surface area contributed by atoms with E-state index in [0.717, 1.165) is 18.7 Å². The summed E-state index contributed by atoms with van der Waals surface area (Å²) in [7, 11) is 0. The van der Waals surface area contributed by atoms with Crippen LogP contribution in [0.2, 0.25) is 0 Å². The number of halogens is 1. The second-order valence-electron chi connectivity index (χ2n) is 6.20. The van der Waals surface area contributed by atoms with Crippen molar-refractivity contribution in [1.29, 1.82) is 0 Å². The first-order valence-electron chi connectivity index (χ1n) is 8.54. The van der Waals surface area contributed by atoms with Crippen LogP contribution in [0.1, 0.15) is 28.5 Å². The molecular formula is C21H19FN2O. The second kappa shape index (κ2) is 6.20. The van der Waals surface area contributed by atoms with Gasteiger partial charge in [-0.15, -0.1) is 0 Å². The van der Waals surface area contributed by atoms with Gasteiger partial charge in [-0.2, -0.15) is 0 Å². The molecule has 0 fully saturated rings. The van der Waals surface area contributed by atoms with Crippen molar-refractivity contribution < 1.29 is 9.18 Å². The maximum absolute atomic E-state index is 13.1. The van der Waals surface area contributed by atoms with Gasteiger partial charge in [-0.1, -0.05) is 18.2 Å². The van der Waals surface area contributed by atoms with Gasteiger partial charge in [0.1, 0.15) is 5.82 Å². The fourth-order valence-electron chi connectivity index (χ4n) is 3.58. The molecule has 2 heterocycles. The highest BCUT2D eigenvalue weighted by Crippen LogP contribution is 2.30. The number of hydrogen-bond donors (Lipinski definition) is 0. The molecule has 0 unspecified atom stereocenters. The van der Waals surface area contributed by atoms with Gasteiger partial charge in [0.15, 0.2) is 0 Å². The molecule has 126 valence electrons. The van der Waals surface area contributed by atoms with E-state index in [-0.39, 0.29) is 11.7 Å². The summed E-state index contributed by atoms with van der Waals surface area (Å²) in [6, 6.07) is 14.1. The van der Waals surface area contributed by atoms with Crippen LogP contribution < -0.4 is 0 Å². The molecule has 2 aromatic carbocycles. The van der Waals surface area contributed by atoms with Gasteiger partial charge in [-0.25, -0.2) is 4.39 Å². The molecule has 1 aliphatic heterocycles. The predicted molar refractivity (Wildman–Crippen MR) is 97.8 cm³/mol. The lowest BCUT2D eigenvalue weighted by molar-refractivity contribution is 0.0825. The molecule has 0 N–H and O–H groups in total. The molecule has 0 spiro atoms. The van der Waals surface area contributed by atoms with Crippen LogP contribution in [0.25, 0.3) is 17.0 Å². The van der Waals surface area contributed by atoms with Gasteiger partial charge in [-0.05, 0) is 55.3 Å². The highest BCUT2D eigenvalue weighted by atomic mass is 19.1. The lowest BCUT2D eigenvalue weighted by Crippen LogP contribution is -2.27. The average Bonchev–Trinajstić information content (AvgIpc) is 2.78. The van der Waals surface area contributed by atoms with Crippen LogP contribution in [0.4, 0.5) is 4.39 Å². The molecule has 1 aromatic heterocycles. The van der Waals surface area contributed by atoms with Gasteiger partial charge in [0, 0.05) is 41.4 Å².